The molecular weight excluding hydrogens is 388 g/mol. The first-order valence-corrected chi connectivity index (χ1v) is 10.6. The molecule has 0 saturated heterocycles. The Morgan fingerprint density at radius 3 is 2.86 bits per heavy atom. The van der Waals surface area contributed by atoms with Gasteiger partial charge in [0.2, 0.25) is 0 Å². The quantitative estimate of drug-likeness (QED) is 0.618. The minimum absolute atomic E-state index is 0.102. The number of fused-ring (bicyclic) bond motifs is 2. The van der Waals surface area contributed by atoms with E-state index in [-0.39, 0.29) is 5.56 Å². The van der Waals surface area contributed by atoms with Gasteiger partial charge >= 0.3 is 5.63 Å². The number of nitrogens with one attached hydrogen (secondary N) is 1. The first-order chi connectivity index (χ1) is 14.0. The number of thiophene rings is 1. The predicted octanol–water partition coefficient (Wildman–Crippen LogP) is 4.11. The molecule has 29 heavy (non-hydrogen) atoms. The number of carbonyl (C=O) groups is 2. The number of hydrogen-bond donors (Lipinski definition) is 2. The van der Waals surface area contributed by atoms with E-state index in [4.69, 9.17) is 10.2 Å². The molecular formula is C22H22N2O4S. The van der Waals surface area contributed by atoms with E-state index in [0.29, 0.717) is 27.5 Å². The number of carbonyl (C=O) groups excluding carboxylic acids is 2. The summed E-state index contributed by atoms with van der Waals surface area (Å²) in [5.41, 5.74) is 6.54. The fraction of sp³-hybridized carbons (Fsp3) is 0.318. The van der Waals surface area contributed by atoms with Crippen LogP contribution in [0.2, 0.25) is 0 Å². The standard InChI is InChI=1S/C22H22N2O4S/c1-2-5-12-8-9-14-17(10-12)29-21(18(14)19(23)25)24-20(26)15-11-13-6-3-4-7-16(13)28-22(15)27/h3-4,6-7,11-12H,2,5,8-10H2,1H3,(H2,23,25)(H,24,26). The molecule has 1 aliphatic carbocycles. The SMILES string of the molecule is CCCC1CCc2c(sc(NC(=O)c3cc4ccccc4oc3=O)c2C(N)=O)C1. The average Bonchev–Trinajstić information content (AvgIpc) is 3.04. The summed E-state index contributed by atoms with van der Waals surface area (Å²) in [6.45, 7) is 2.17. The molecule has 3 aromatic rings. The minimum atomic E-state index is -0.717. The van der Waals surface area contributed by atoms with Gasteiger partial charge in [-0.1, -0.05) is 38.0 Å². The van der Waals surface area contributed by atoms with Crippen LogP contribution in [0.3, 0.4) is 0 Å². The van der Waals surface area contributed by atoms with Crippen LogP contribution in [-0.2, 0) is 12.8 Å². The molecule has 2 amide bonds. The summed E-state index contributed by atoms with van der Waals surface area (Å²) in [5, 5.41) is 3.80. The Hall–Kier alpha value is -2.93. The van der Waals surface area contributed by atoms with Crippen LogP contribution in [0.4, 0.5) is 5.00 Å². The topological polar surface area (TPSA) is 102 Å². The van der Waals surface area contributed by atoms with Gasteiger partial charge in [0, 0.05) is 10.3 Å². The van der Waals surface area contributed by atoms with Gasteiger partial charge in [-0.3, -0.25) is 9.59 Å². The second-order valence-electron chi connectivity index (χ2n) is 7.41. The Labute approximate surface area is 171 Å². The van der Waals surface area contributed by atoms with Crippen LogP contribution in [0.1, 0.15) is 57.3 Å². The van der Waals surface area contributed by atoms with Crippen molar-refractivity contribution in [1.82, 2.24) is 0 Å². The van der Waals surface area contributed by atoms with E-state index in [0.717, 1.165) is 42.5 Å². The maximum absolute atomic E-state index is 12.8. The van der Waals surface area contributed by atoms with Gasteiger partial charge in [0.15, 0.2) is 0 Å². The Balaban J connectivity index is 1.68. The van der Waals surface area contributed by atoms with Crippen molar-refractivity contribution in [2.75, 3.05) is 5.32 Å². The number of benzene rings is 1. The molecule has 2 heterocycles. The first kappa shape index (κ1) is 19.4. The molecule has 0 spiro atoms. The second-order valence-corrected chi connectivity index (χ2v) is 8.51. The van der Waals surface area contributed by atoms with Crippen molar-refractivity contribution >= 4 is 39.1 Å². The highest BCUT2D eigenvalue weighted by atomic mass is 32.1. The van der Waals surface area contributed by atoms with E-state index in [9.17, 15) is 14.4 Å². The van der Waals surface area contributed by atoms with Crippen LogP contribution < -0.4 is 16.7 Å². The number of rotatable bonds is 5. The van der Waals surface area contributed by atoms with Gasteiger partial charge in [-0.25, -0.2) is 4.79 Å². The number of anilines is 1. The van der Waals surface area contributed by atoms with Gasteiger partial charge < -0.3 is 15.5 Å². The number of nitrogens with two attached hydrogens (primary N) is 1. The third-order valence-corrected chi connectivity index (χ3v) is 6.59. The van der Waals surface area contributed by atoms with E-state index in [1.54, 1.807) is 24.3 Å². The zero-order chi connectivity index (χ0) is 20.5. The molecule has 7 heteroatoms. The fourth-order valence-electron chi connectivity index (χ4n) is 4.05. The van der Waals surface area contributed by atoms with Crippen molar-refractivity contribution in [2.45, 2.75) is 39.0 Å². The lowest BCUT2D eigenvalue weighted by atomic mass is 9.84. The molecule has 6 nitrogen and oxygen atoms in total. The van der Waals surface area contributed by atoms with Crippen molar-refractivity contribution in [2.24, 2.45) is 11.7 Å². The molecule has 1 atom stereocenters. The predicted molar refractivity (Wildman–Crippen MR) is 114 cm³/mol. The molecule has 0 fully saturated rings. The largest absolute Gasteiger partial charge is 0.422 e. The summed E-state index contributed by atoms with van der Waals surface area (Å²) >= 11 is 1.39. The molecule has 2 aromatic heterocycles. The normalized spacial score (nSPS) is 15.8. The molecule has 0 saturated carbocycles. The molecule has 1 aromatic carbocycles. The summed E-state index contributed by atoms with van der Waals surface area (Å²) in [7, 11) is 0. The molecule has 150 valence electrons. The molecule has 0 aliphatic heterocycles. The highest BCUT2D eigenvalue weighted by Crippen LogP contribution is 2.40. The zero-order valence-corrected chi connectivity index (χ0v) is 16.9. The lowest BCUT2D eigenvalue weighted by Gasteiger charge is -2.21. The first-order valence-electron chi connectivity index (χ1n) is 9.76. The summed E-state index contributed by atoms with van der Waals surface area (Å²) in [6, 6.07) is 8.50. The third-order valence-electron chi connectivity index (χ3n) is 5.42. The van der Waals surface area contributed by atoms with Crippen molar-refractivity contribution in [3.8, 4) is 0 Å². The highest BCUT2D eigenvalue weighted by Gasteiger charge is 2.29. The number of hydrogen-bond acceptors (Lipinski definition) is 5. The van der Waals surface area contributed by atoms with Gasteiger partial charge in [0.1, 0.15) is 16.1 Å². The number of amides is 2. The number of para-hydroxylation sites is 1. The summed E-state index contributed by atoms with van der Waals surface area (Å²) in [5.74, 6) is -0.573. The molecule has 1 aliphatic rings. The van der Waals surface area contributed by atoms with E-state index in [1.165, 1.54) is 17.4 Å². The van der Waals surface area contributed by atoms with E-state index in [1.807, 2.05) is 0 Å². The average molecular weight is 410 g/mol. The van der Waals surface area contributed by atoms with Gasteiger partial charge in [-0.05, 0) is 42.9 Å². The van der Waals surface area contributed by atoms with Crippen molar-refractivity contribution in [3.05, 3.63) is 62.3 Å². The van der Waals surface area contributed by atoms with Crippen molar-refractivity contribution in [3.63, 3.8) is 0 Å². The monoisotopic (exact) mass is 410 g/mol. The minimum Gasteiger partial charge on any atom is -0.422 e. The Morgan fingerprint density at radius 2 is 2.10 bits per heavy atom. The Morgan fingerprint density at radius 1 is 1.31 bits per heavy atom. The van der Waals surface area contributed by atoms with Crippen LogP contribution in [-0.4, -0.2) is 11.8 Å². The van der Waals surface area contributed by atoms with Gasteiger partial charge in [-0.15, -0.1) is 11.3 Å². The Bertz CT molecular complexity index is 1160. The molecule has 4 rings (SSSR count). The molecule has 0 radical (unpaired) electrons. The van der Waals surface area contributed by atoms with E-state index >= 15 is 0 Å². The highest BCUT2D eigenvalue weighted by molar-refractivity contribution is 7.17. The van der Waals surface area contributed by atoms with Gasteiger partial charge in [0.25, 0.3) is 11.8 Å². The molecule has 0 bridgehead atoms. The second kappa shape index (κ2) is 7.83. The van der Waals surface area contributed by atoms with Crippen LogP contribution >= 0.6 is 11.3 Å². The zero-order valence-electron chi connectivity index (χ0n) is 16.1. The van der Waals surface area contributed by atoms with Crippen LogP contribution in [0.5, 0.6) is 0 Å². The summed E-state index contributed by atoms with van der Waals surface area (Å²) < 4.78 is 5.25. The molecule has 3 N–H and O–H groups in total. The van der Waals surface area contributed by atoms with Crippen LogP contribution in [0.15, 0.2) is 39.5 Å². The van der Waals surface area contributed by atoms with Crippen LogP contribution in [0, 0.1) is 5.92 Å². The lowest BCUT2D eigenvalue weighted by Crippen LogP contribution is -2.23. The van der Waals surface area contributed by atoms with Crippen molar-refractivity contribution in [1.29, 1.82) is 0 Å². The van der Waals surface area contributed by atoms with Crippen LogP contribution in [0.25, 0.3) is 11.0 Å². The lowest BCUT2D eigenvalue weighted by molar-refractivity contribution is 0.1000. The third kappa shape index (κ3) is 3.70. The summed E-state index contributed by atoms with van der Waals surface area (Å²) in [4.78, 5) is 38.3. The maximum atomic E-state index is 12.8. The number of primary amides is 1. The Kier molecular flexibility index (Phi) is 5.24. The van der Waals surface area contributed by atoms with Gasteiger partial charge in [-0.2, -0.15) is 0 Å². The fourth-order valence-corrected chi connectivity index (χ4v) is 5.41. The van der Waals surface area contributed by atoms with E-state index < -0.39 is 17.4 Å². The summed E-state index contributed by atoms with van der Waals surface area (Å²) in [6.07, 6.45) is 4.95. The smallest absolute Gasteiger partial charge is 0.349 e. The van der Waals surface area contributed by atoms with Crippen molar-refractivity contribution < 1.29 is 14.0 Å². The molecule has 1 unspecified atom stereocenters. The van der Waals surface area contributed by atoms with E-state index in [2.05, 4.69) is 12.2 Å². The maximum Gasteiger partial charge on any atom is 0.349 e. The van der Waals surface area contributed by atoms with Gasteiger partial charge in [0.05, 0.1) is 5.56 Å².